The summed E-state index contributed by atoms with van der Waals surface area (Å²) in [5.74, 6) is -1.50. The van der Waals surface area contributed by atoms with Crippen LogP contribution in [0, 0.1) is 27.7 Å². The van der Waals surface area contributed by atoms with Gasteiger partial charge >= 0.3 is 5.97 Å². The number of hydrogen-bond donors (Lipinski definition) is 1. The quantitative estimate of drug-likeness (QED) is 0.256. The molecule has 1 aliphatic rings. The molecule has 2 amide bonds. The van der Waals surface area contributed by atoms with Crippen LogP contribution in [0.25, 0.3) is 11.8 Å². The molecular formula is C27H25N3O4S. The molecule has 7 nitrogen and oxygen atoms in total. The number of hydrogen-bond acceptors (Lipinski definition) is 5. The lowest BCUT2D eigenvalue weighted by Crippen LogP contribution is -2.54. The first-order valence-corrected chi connectivity index (χ1v) is 11.4. The van der Waals surface area contributed by atoms with Crippen LogP contribution in [0.4, 0.5) is 5.69 Å². The molecule has 0 radical (unpaired) electrons. The number of benzene rings is 2. The molecule has 1 fully saturated rings. The first-order valence-electron chi connectivity index (χ1n) is 11.0. The molecule has 4 rings (SSSR count). The Kier molecular flexibility index (Phi) is 6.41. The molecule has 8 heteroatoms. The summed E-state index contributed by atoms with van der Waals surface area (Å²) in [7, 11) is 1.34. The number of rotatable bonds is 4. The molecule has 0 unspecified atom stereocenters. The summed E-state index contributed by atoms with van der Waals surface area (Å²) in [4.78, 5) is 39.9. The van der Waals surface area contributed by atoms with Crippen LogP contribution in [0.15, 0.2) is 54.1 Å². The summed E-state index contributed by atoms with van der Waals surface area (Å²) in [6.45, 7) is 7.63. The van der Waals surface area contributed by atoms with Crippen molar-refractivity contribution in [3.8, 4) is 5.69 Å². The highest BCUT2D eigenvalue weighted by Gasteiger charge is 2.35. The topological polar surface area (TPSA) is 80.6 Å². The Hall–Kier alpha value is -4.04. The summed E-state index contributed by atoms with van der Waals surface area (Å²) in [5, 5.41) is 2.67. The highest BCUT2D eigenvalue weighted by molar-refractivity contribution is 7.80. The van der Waals surface area contributed by atoms with Crippen molar-refractivity contribution in [3.63, 3.8) is 0 Å². The van der Waals surface area contributed by atoms with E-state index < -0.39 is 17.8 Å². The third-order valence-electron chi connectivity index (χ3n) is 5.89. The Labute approximate surface area is 209 Å². The van der Waals surface area contributed by atoms with Crippen molar-refractivity contribution in [2.75, 3.05) is 12.0 Å². The van der Waals surface area contributed by atoms with E-state index in [1.807, 2.05) is 68.7 Å². The van der Waals surface area contributed by atoms with Gasteiger partial charge in [0.15, 0.2) is 5.11 Å². The number of carbonyl (C=O) groups is 3. The maximum Gasteiger partial charge on any atom is 0.339 e. The number of ether oxygens (including phenoxy) is 1. The lowest BCUT2D eigenvalue weighted by Gasteiger charge is -2.29. The fourth-order valence-electron chi connectivity index (χ4n) is 4.38. The third kappa shape index (κ3) is 4.40. The van der Waals surface area contributed by atoms with Crippen LogP contribution in [0.3, 0.4) is 0 Å². The van der Waals surface area contributed by atoms with E-state index in [0.717, 1.165) is 22.5 Å². The van der Waals surface area contributed by atoms with Crippen LogP contribution >= 0.6 is 12.2 Å². The minimum absolute atomic E-state index is 0.0285. The van der Waals surface area contributed by atoms with E-state index in [-0.39, 0.29) is 10.7 Å². The van der Waals surface area contributed by atoms with Crippen LogP contribution in [0.5, 0.6) is 0 Å². The zero-order valence-corrected chi connectivity index (χ0v) is 20.9. The molecule has 1 aliphatic heterocycles. The Morgan fingerprint density at radius 3 is 2.31 bits per heavy atom. The Bertz CT molecular complexity index is 1410. The van der Waals surface area contributed by atoms with Gasteiger partial charge in [0.25, 0.3) is 11.8 Å². The molecule has 0 aliphatic carbocycles. The Morgan fingerprint density at radius 2 is 1.66 bits per heavy atom. The monoisotopic (exact) mass is 487 g/mol. The molecule has 1 saturated heterocycles. The van der Waals surface area contributed by atoms with Gasteiger partial charge in [0.1, 0.15) is 5.57 Å². The summed E-state index contributed by atoms with van der Waals surface area (Å²) < 4.78 is 6.83. The summed E-state index contributed by atoms with van der Waals surface area (Å²) in [6, 6.07) is 14.7. The van der Waals surface area contributed by atoms with Crippen LogP contribution in [0.2, 0.25) is 0 Å². The number of anilines is 1. The zero-order valence-electron chi connectivity index (χ0n) is 20.1. The van der Waals surface area contributed by atoms with Crippen molar-refractivity contribution >= 4 is 46.9 Å². The average molecular weight is 488 g/mol. The van der Waals surface area contributed by atoms with Gasteiger partial charge in [0, 0.05) is 11.4 Å². The molecule has 0 atom stereocenters. The van der Waals surface area contributed by atoms with Crippen LogP contribution in [0.1, 0.15) is 38.4 Å². The van der Waals surface area contributed by atoms with E-state index in [2.05, 4.69) is 5.32 Å². The lowest BCUT2D eigenvalue weighted by atomic mass is 10.1. The van der Waals surface area contributed by atoms with E-state index in [1.165, 1.54) is 12.0 Å². The van der Waals surface area contributed by atoms with Gasteiger partial charge in [-0.3, -0.25) is 19.8 Å². The molecule has 1 aromatic heterocycles. The number of methoxy groups -OCH3 is 1. The van der Waals surface area contributed by atoms with Crippen molar-refractivity contribution in [1.82, 2.24) is 9.88 Å². The number of carbonyl (C=O) groups excluding carboxylic acids is 3. The Morgan fingerprint density at radius 1 is 1.00 bits per heavy atom. The largest absolute Gasteiger partial charge is 0.465 e. The molecule has 178 valence electrons. The smallest absolute Gasteiger partial charge is 0.339 e. The number of aromatic nitrogens is 1. The van der Waals surface area contributed by atoms with Crippen LogP contribution in [-0.4, -0.2) is 34.6 Å². The van der Waals surface area contributed by atoms with E-state index in [0.29, 0.717) is 22.5 Å². The molecule has 0 spiro atoms. The zero-order chi connectivity index (χ0) is 25.4. The maximum atomic E-state index is 13.5. The highest BCUT2D eigenvalue weighted by Crippen LogP contribution is 2.28. The molecule has 2 heterocycles. The van der Waals surface area contributed by atoms with Gasteiger partial charge in [-0.1, -0.05) is 18.2 Å². The van der Waals surface area contributed by atoms with Crippen LogP contribution < -0.4 is 10.2 Å². The predicted molar refractivity (Wildman–Crippen MR) is 139 cm³/mol. The van der Waals surface area contributed by atoms with Crippen molar-refractivity contribution < 1.29 is 19.1 Å². The first kappa shape index (κ1) is 24.1. The lowest BCUT2D eigenvalue weighted by molar-refractivity contribution is -0.122. The third-order valence-corrected chi connectivity index (χ3v) is 6.17. The second-order valence-corrected chi connectivity index (χ2v) is 8.86. The SMILES string of the molecule is COC(=O)c1ccccc1-n1c(C)cc(/C=C2\C(=O)NC(=S)N(c3cc(C)cc(C)c3)C2=O)c1C. The number of esters is 1. The number of amides is 2. The molecule has 1 N–H and O–H groups in total. The Balaban J connectivity index is 1.80. The predicted octanol–water partition coefficient (Wildman–Crippen LogP) is 4.33. The summed E-state index contributed by atoms with van der Waals surface area (Å²) in [5.41, 5.74) is 5.85. The van der Waals surface area contributed by atoms with Gasteiger partial charge < -0.3 is 9.30 Å². The van der Waals surface area contributed by atoms with Gasteiger partial charge in [0.2, 0.25) is 0 Å². The molecule has 3 aromatic rings. The van der Waals surface area contributed by atoms with Gasteiger partial charge in [-0.2, -0.15) is 0 Å². The highest BCUT2D eigenvalue weighted by atomic mass is 32.1. The van der Waals surface area contributed by atoms with Crippen molar-refractivity contribution in [2.24, 2.45) is 0 Å². The minimum atomic E-state index is -0.555. The number of nitrogens with one attached hydrogen (secondary N) is 1. The summed E-state index contributed by atoms with van der Waals surface area (Å²) in [6.07, 6.45) is 1.56. The molecule has 2 aromatic carbocycles. The molecule has 0 bridgehead atoms. The van der Waals surface area contributed by atoms with Gasteiger partial charge in [-0.15, -0.1) is 0 Å². The minimum Gasteiger partial charge on any atom is -0.465 e. The van der Waals surface area contributed by atoms with E-state index in [1.54, 1.807) is 18.2 Å². The maximum absolute atomic E-state index is 13.5. The van der Waals surface area contributed by atoms with Gasteiger partial charge in [-0.05, 0) is 93.0 Å². The number of para-hydroxylation sites is 1. The summed E-state index contributed by atoms with van der Waals surface area (Å²) >= 11 is 5.33. The number of thiocarbonyl (C=S) groups is 1. The van der Waals surface area contributed by atoms with E-state index >= 15 is 0 Å². The standard InChI is InChI=1S/C27H25N3O4S/c1-15-10-16(2)12-20(11-15)30-25(32)22(24(31)28-27(30)35)14-19-13-17(3)29(18(19)4)23-9-7-6-8-21(23)26(33)34-5/h6-14H,1-5H3,(H,28,31,35)/b22-14+. The second kappa shape index (κ2) is 9.31. The second-order valence-electron chi connectivity index (χ2n) is 8.47. The van der Waals surface area contributed by atoms with E-state index in [9.17, 15) is 14.4 Å². The fraction of sp³-hybridized carbons (Fsp3) is 0.185. The fourth-order valence-corrected chi connectivity index (χ4v) is 4.66. The first-order chi connectivity index (χ1) is 16.6. The number of nitrogens with zero attached hydrogens (tertiary/aromatic N) is 2. The molecule has 0 saturated carbocycles. The van der Waals surface area contributed by atoms with Gasteiger partial charge in [0.05, 0.1) is 24.0 Å². The van der Waals surface area contributed by atoms with Crippen molar-refractivity contribution in [3.05, 3.63) is 87.7 Å². The average Bonchev–Trinajstić information content (AvgIpc) is 3.07. The molecular weight excluding hydrogens is 462 g/mol. The van der Waals surface area contributed by atoms with E-state index in [4.69, 9.17) is 17.0 Å². The van der Waals surface area contributed by atoms with Crippen molar-refractivity contribution in [1.29, 1.82) is 0 Å². The van der Waals surface area contributed by atoms with Crippen molar-refractivity contribution in [2.45, 2.75) is 27.7 Å². The molecule has 35 heavy (non-hydrogen) atoms. The number of aryl methyl sites for hydroxylation is 3. The van der Waals surface area contributed by atoms with Gasteiger partial charge in [-0.25, -0.2) is 4.79 Å². The normalized spacial score (nSPS) is 14.9. The van der Waals surface area contributed by atoms with Crippen LogP contribution in [-0.2, 0) is 14.3 Å².